The zero-order chi connectivity index (χ0) is 16.4. The van der Waals surface area contributed by atoms with E-state index in [0.717, 1.165) is 18.4 Å². The van der Waals surface area contributed by atoms with Gasteiger partial charge in [-0.25, -0.2) is 8.42 Å². The molecule has 0 aliphatic carbocycles. The van der Waals surface area contributed by atoms with Gasteiger partial charge in [0, 0.05) is 25.0 Å². The minimum Gasteiger partial charge on any atom is -0.351 e. The molecule has 0 unspecified atom stereocenters. The van der Waals surface area contributed by atoms with Crippen LogP contribution in [0.4, 0.5) is 5.69 Å². The van der Waals surface area contributed by atoms with E-state index in [4.69, 9.17) is 0 Å². The predicted octanol–water partition coefficient (Wildman–Crippen LogP) is 1.98. The van der Waals surface area contributed by atoms with Gasteiger partial charge in [0.25, 0.3) is 15.9 Å². The Hall–Kier alpha value is -2.28. The van der Waals surface area contributed by atoms with Crippen molar-refractivity contribution < 1.29 is 13.2 Å². The van der Waals surface area contributed by atoms with E-state index in [9.17, 15) is 13.2 Å². The Labute approximate surface area is 135 Å². The van der Waals surface area contributed by atoms with E-state index in [1.165, 1.54) is 12.3 Å². The largest absolute Gasteiger partial charge is 0.351 e. The number of rotatable bonds is 4. The highest BCUT2D eigenvalue weighted by Crippen LogP contribution is 2.20. The van der Waals surface area contributed by atoms with Gasteiger partial charge < -0.3 is 9.88 Å². The van der Waals surface area contributed by atoms with Crippen LogP contribution in [0.5, 0.6) is 0 Å². The van der Waals surface area contributed by atoms with E-state index in [1.54, 1.807) is 16.7 Å². The van der Waals surface area contributed by atoms with E-state index in [0.29, 0.717) is 24.5 Å². The molecule has 0 saturated heterocycles. The maximum absolute atomic E-state index is 12.5. The summed E-state index contributed by atoms with van der Waals surface area (Å²) in [4.78, 5) is 12.0. The Morgan fingerprint density at radius 1 is 1.26 bits per heavy atom. The van der Waals surface area contributed by atoms with E-state index < -0.39 is 10.0 Å². The molecule has 0 saturated carbocycles. The van der Waals surface area contributed by atoms with Gasteiger partial charge >= 0.3 is 0 Å². The number of aromatic nitrogens is 1. The fourth-order valence-electron chi connectivity index (χ4n) is 2.57. The monoisotopic (exact) mass is 333 g/mol. The summed E-state index contributed by atoms with van der Waals surface area (Å²) < 4.78 is 29.3. The third kappa shape index (κ3) is 3.24. The normalized spacial score (nSPS) is 14.7. The smallest absolute Gasteiger partial charge is 0.267 e. The molecule has 1 amide bonds. The molecule has 2 aromatic rings. The summed E-state index contributed by atoms with van der Waals surface area (Å²) in [6, 6.07) is 8.68. The SMILES string of the molecule is CCc1ccc(NS(=O)(=O)c2cc3n(c2)CCCNC3=O)cc1. The highest BCUT2D eigenvalue weighted by Gasteiger charge is 2.23. The number of aryl methyl sites for hydroxylation is 2. The topological polar surface area (TPSA) is 80.2 Å². The second-order valence-electron chi connectivity index (χ2n) is 5.52. The highest BCUT2D eigenvalue weighted by atomic mass is 32.2. The molecule has 0 fully saturated rings. The molecule has 1 aromatic carbocycles. The Bertz CT molecular complexity index is 823. The number of fused-ring (bicyclic) bond motifs is 1. The average Bonchev–Trinajstić information content (AvgIpc) is 2.90. The van der Waals surface area contributed by atoms with Crippen LogP contribution in [-0.4, -0.2) is 25.4 Å². The molecule has 0 spiro atoms. The van der Waals surface area contributed by atoms with E-state index in [2.05, 4.69) is 10.0 Å². The molecule has 3 rings (SSSR count). The van der Waals surface area contributed by atoms with Crippen LogP contribution in [-0.2, 0) is 23.0 Å². The summed E-state index contributed by atoms with van der Waals surface area (Å²) >= 11 is 0. The first kappa shape index (κ1) is 15.6. The molecule has 1 aliphatic heterocycles. The Morgan fingerprint density at radius 3 is 2.70 bits per heavy atom. The Balaban J connectivity index is 1.87. The number of nitrogens with one attached hydrogen (secondary N) is 2. The number of hydrogen-bond donors (Lipinski definition) is 2. The van der Waals surface area contributed by atoms with Crippen LogP contribution in [0.15, 0.2) is 41.4 Å². The lowest BCUT2D eigenvalue weighted by Crippen LogP contribution is -2.22. The molecular formula is C16H19N3O3S. The molecule has 0 atom stereocenters. The van der Waals surface area contributed by atoms with Crippen LogP contribution in [0.2, 0.25) is 0 Å². The van der Waals surface area contributed by atoms with Crippen LogP contribution >= 0.6 is 0 Å². The lowest BCUT2D eigenvalue weighted by atomic mass is 10.2. The van der Waals surface area contributed by atoms with E-state index >= 15 is 0 Å². The van der Waals surface area contributed by atoms with Crippen molar-refractivity contribution in [2.24, 2.45) is 0 Å². The number of amides is 1. The molecule has 2 N–H and O–H groups in total. The number of nitrogens with zero attached hydrogens (tertiary/aromatic N) is 1. The second-order valence-corrected chi connectivity index (χ2v) is 7.20. The molecule has 0 bridgehead atoms. The maximum atomic E-state index is 12.5. The van der Waals surface area contributed by atoms with Gasteiger partial charge in [-0.1, -0.05) is 19.1 Å². The molecule has 7 heteroatoms. The summed E-state index contributed by atoms with van der Waals surface area (Å²) in [7, 11) is -3.71. The third-order valence-corrected chi connectivity index (χ3v) is 5.24. The number of carbonyl (C=O) groups excluding carboxylic acids is 1. The van der Waals surface area contributed by atoms with Gasteiger partial charge in [-0.3, -0.25) is 9.52 Å². The molecule has 1 aromatic heterocycles. The van der Waals surface area contributed by atoms with Crippen LogP contribution in [0.1, 0.15) is 29.4 Å². The molecule has 23 heavy (non-hydrogen) atoms. The first-order valence-electron chi connectivity index (χ1n) is 7.60. The number of hydrogen-bond acceptors (Lipinski definition) is 3. The van der Waals surface area contributed by atoms with E-state index in [-0.39, 0.29) is 10.8 Å². The minimum absolute atomic E-state index is 0.101. The fourth-order valence-corrected chi connectivity index (χ4v) is 3.67. The van der Waals surface area contributed by atoms with Crippen molar-refractivity contribution in [3.8, 4) is 0 Å². The number of carbonyl (C=O) groups is 1. The van der Waals surface area contributed by atoms with Crippen molar-refractivity contribution in [3.63, 3.8) is 0 Å². The Morgan fingerprint density at radius 2 is 2.00 bits per heavy atom. The lowest BCUT2D eigenvalue weighted by Gasteiger charge is -2.07. The summed E-state index contributed by atoms with van der Waals surface area (Å²) in [6.07, 6.45) is 3.19. The van der Waals surface area contributed by atoms with Crippen LogP contribution in [0.3, 0.4) is 0 Å². The van der Waals surface area contributed by atoms with Gasteiger partial charge in [0.1, 0.15) is 10.6 Å². The van der Waals surface area contributed by atoms with Crippen molar-refractivity contribution in [3.05, 3.63) is 47.8 Å². The molecule has 1 aliphatic rings. The summed E-state index contributed by atoms with van der Waals surface area (Å²) in [5, 5.41) is 2.75. The zero-order valence-electron chi connectivity index (χ0n) is 12.9. The van der Waals surface area contributed by atoms with Crippen LogP contribution in [0, 0.1) is 0 Å². The Kier molecular flexibility index (Phi) is 4.12. The van der Waals surface area contributed by atoms with Gasteiger partial charge in [0.15, 0.2) is 0 Å². The van der Waals surface area contributed by atoms with Crippen LogP contribution < -0.4 is 10.0 Å². The lowest BCUT2D eigenvalue weighted by molar-refractivity contribution is 0.0951. The molecule has 2 heterocycles. The summed E-state index contributed by atoms with van der Waals surface area (Å²) in [5.41, 5.74) is 2.03. The number of sulfonamides is 1. The molecule has 122 valence electrons. The quantitative estimate of drug-likeness (QED) is 0.898. The van der Waals surface area contributed by atoms with Crippen molar-refractivity contribution in [2.75, 3.05) is 11.3 Å². The summed E-state index contributed by atoms with van der Waals surface area (Å²) in [6.45, 7) is 3.26. The first-order valence-corrected chi connectivity index (χ1v) is 9.08. The van der Waals surface area contributed by atoms with Gasteiger partial charge in [-0.05, 0) is 36.6 Å². The molecular weight excluding hydrogens is 314 g/mol. The van der Waals surface area contributed by atoms with Crippen LogP contribution in [0.25, 0.3) is 0 Å². The molecule has 6 nitrogen and oxygen atoms in total. The summed E-state index contributed by atoms with van der Waals surface area (Å²) in [5.74, 6) is -0.240. The van der Waals surface area contributed by atoms with Crippen molar-refractivity contribution >= 4 is 21.6 Å². The highest BCUT2D eigenvalue weighted by molar-refractivity contribution is 7.92. The van der Waals surface area contributed by atoms with Gasteiger partial charge in [0.05, 0.1) is 0 Å². The average molecular weight is 333 g/mol. The zero-order valence-corrected chi connectivity index (χ0v) is 13.7. The number of anilines is 1. The van der Waals surface area contributed by atoms with Crippen molar-refractivity contribution in [1.29, 1.82) is 0 Å². The van der Waals surface area contributed by atoms with Gasteiger partial charge in [-0.2, -0.15) is 0 Å². The minimum atomic E-state index is -3.71. The van der Waals surface area contributed by atoms with Gasteiger partial charge in [-0.15, -0.1) is 0 Å². The van der Waals surface area contributed by atoms with E-state index in [1.807, 2.05) is 19.1 Å². The third-order valence-electron chi connectivity index (χ3n) is 3.89. The maximum Gasteiger partial charge on any atom is 0.267 e. The second kappa shape index (κ2) is 6.08. The predicted molar refractivity (Wildman–Crippen MR) is 88.0 cm³/mol. The van der Waals surface area contributed by atoms with Crippen molar-refractivity contribution in [1.82, 2.24) is 9.88 Å². The fraction of sp³-hybridized carbons (Fsp3) is 0.312. The van der Waals surface area contributed by atoms with Gasteiger partial charge in [0.2, 0.25) is 0 Å². The van der Waals surface area contributed by atoms with Crippen molar-refractivity contribution in [2.45, 2.75) is 31.2 Å². The molecule has 0 radical (unpaired) electrons. The number of benzene rings is 1. The standard InChI is InChI=1S/C16H19N3O3S/c1-2-12-4-6-13(7-5-12)18-23(21,22)14-10-15-16(20)17-8-3-9-19(15)11-14/h4-7,10-11,18H,2-3,8-9H2,1H3,(H,17,20). The first-order chi connectivity index (χ1) is 11.0.